The molecule has 7 heteroatoms. The van der Waals surface area contributed by atoms with E-state index in [1.807, 2.05) is 61.5 Å². The van der Waals surface area contributed by atoms with Crippen LogP contribution in [0.4, 0.5) is 0 Å². The van der Waals surface area contributed by atoms with Crippen molar-refractivity contribution in [3.63, 3.8) is 0 Å². The highest BCUT2D eigenvalue weighted by Gasteiger charge is 2.06. The smallest absolute Gasteiger partial charge is 0.253 e. The van der Waals surface area contributed by atoms with Gasteiger partial charge in [0.25, 0.3) is 5.56 Å². The number of hydrogen-bond donors (Lipinski definition) is 1. The fraction of sp³-hybridized carbons (Fsp3) is 0.143. The van der Waals surface area contributed by atoms with Crippen molar-refractivity contribution in [2.75, 3.05) is 6.54 Å². The van der Waals surface area contributed by atoms with Crippen LogP contribution < -0.4 is 10.3 Å². The Labute approximate surface area is 164 Å². The molecule has 0 atom stereocenters. The molecule has 0 radical (unpaired) electrons. The first-order valence-corrected chi connectivity index (χ1v) is 10.3. The topological polar surface area (TPSA) is 81.1 Å². The largest absolute Gasteiger partial charge is 0.298 e. The van der Waals surface area contributed by atoms with Gasteiger partial charge in [0.05, 0.1) is 12.0 Å². The molecule has 3 aromatic rings. The zero-order valence-corrected chi connectivity index (χ0v) is 16.3. The lowest BCUT2D eigenvalue weighted by atomic mass is 10.1. The molecule has 0 aliphatic rings. The number of rotatable bonds is 7. The van der Waals surface area contributed by atoms with Gasteiger partial charge in [0.15, 0.2) is 0 Å². The van der Waals surface area contributed by atoms with Crippen LogP contribution in [0.1, 0.15) is 11.1 Å². The second-order valence-electron chi connectivity index (χ2n) is 6.32. The summed E-state index contributed by atoms with van der Waals surface area (Å²) in [5, 5.41) is 1.12. The van der Waals surface area contributed by atoms with E-state index >= 15 is 0 Å². The van der Waals surface area contributed by atoms with Crippen LogP contribution in [-0.4, -0.2) is 24.5 Å². The summed E-state index contributed by atoms with van der Waals surface area (Å²) in [5.74, 6) is 0. The van der Waals surface area contributed by atoms with Crippen molar-refractivity contribution in [3.8, 4) is 11.3 Å². The number of aromatic nitrogens is 2. The lowest BCUT2D eigenvalue weighted by Crippen LogP contribution is -2.29. The maximum atomic E-state index is 12.2. The summed E-state index contributed by atoms with van der Waals surface area (Å²) in [7, 11) is -3.59. The molecular weight excluding hydrogens is 374 g/mol. The summed E-state index contributed by atoms with van der Waals surface area (Å²) in [6.45, 7) is 2.25. The van der Waals surface area contributed by atoms with Crippen molar-refractivity contribution in [3.05, 3.63) is 93.9 Å². The van der Waals surface area contributed by atoms with Crippen LogP contribution in [0, 0.1) is 6.92 Å². The monoisotopic (exact) mass is 395 g/mol. The molecule has 3 rings (SSSR count). The first-order chi connectivity index (χ1) is 13.4. The van der Waals surface area contributed by atoms with Gasteiger partial charge in [-0.3, -0.25) is 9.36 Å². The van der Waals surface area contributed by atoms with Gasteiger partial charge < -0.3 is 0 Å². The molecule has 0 amide bonds. The van der Waals surface area contributed by atoms with Gasteiger partial charge >= 0.3 is 0 Å². The summed E-state index contributed by atoms with van der Waals surface area (Å²) < 4.78 is 28.0. The molecule has 0 fully saturated rings. The lowest BCUT2D eigenvalue weighted by Gasteiger charge is -2.07. The Hall–Kier alpha value is -3.03. The first kappa shape index (κ1) is 19.7. The van der Waals surface area contributed by atoms with Crippen molar-refractivity contribution in [2.45, 2.75) is 13.5 Å². The normalized spacial score (nSPS) is 11.8. The van der Waals surface area contributed by atoms with Crippen molar-refractivity contribution in [1.29, 1.82) is 0 Å². The second-order valence-corrected chi connectivity index (χ2v) is 7.98. The van der Waals surface area contributed by atoms with Crippen LogP contribution in [-0.2, 0) is 16.6 Å². The Balaban J connectivity index is 1.59. The van der Waals surface area contributed by atoms with Crippen molar-refractivity contribution in [2.24, 2.45) is 0 Å². The molecule has 28 heavy (non-hydrogen) atoms. The number of aryl methyl sites for hydroxylation is 1. The summed E-state index contributed by atoms with van der Waals surface area (Å²) in [5.41, 5.74) is 3.11. The molecule has 144 valence electrons. The molecule has 0 saturated carbocycles. The molecule has 0 spiro atoms. The number of nitrogens with one attached hydrogen (secondary N) is 1. The van der Waals surface area contributed by atoms with Gasteiger partial charge in [0, 0.05) is 30.1 Å². The minimum atomic E-state index is -3.59. The quantitative estimate of drug-likeness (QED) is 0.667. The standard InChI is InChI=1S/C21H21N3O3S/c1-17-7-9-18(10-8-17)11-14-28(26,27)23-12-13-24-16-22-20(15-21(24)25)19-5-3-2-4-6-19/h2-11,14-16,23H,12-13H2,1H3/b14-11+. The fourth-order valence-corrected chi connectivity index (χ4v) is 3.37. The fourth-order valence-electron chi connectivity index (χ4n) is 2.56. The maximum absolute atomic E-state index is 12.2. The number of sulfonamides is 1. The van der Waals surface area contributed by atoms with Crippen LogP contribution in [0.15, 0.2) is 77.2 Å². The molecule has 0 bridgehead atoms. The van der Waals surface area contributed by atoms with E-state index in [1.54, 1.807) is 0 Å². The third-order valence-corrected chi connectivity index (χ3v) is 5.22. The van der Waals surface area contributed by atoms with Gasteiger partial charge in [0.2, 0.25) is 10.0 Å². The van der Waals surface area contributed by atoms with E-state index in [0.717, 1.165) is 22.1 Å². The SMILES string of the molecule is Cc1ccc(/C=C/S(=O)(=O)NCCn2cnc(-c3ccccc3)cc2=O)cc1. The molecule has 0 aliphatic carbocycles. The van der Waals surface area contributed by atoms with Gasteiger partial charge in [0.1, 0.15) is 0 Å². The molecule has 0 saturated heterocycles. The molecule has 2 aromatic carbocycles. The van der Waals surface area contributed by atoms with Crippen LogP contribution >= 0.6 is 0 Å². The number of hydrogen-bond acceptors (Lipinski definition) is 4. The minimum Gasteiger partial charge on any atom is -0.298 e. The highest BCUT2D eigenvalue weighted by atomic mass is 32.2. The summed E-state index contributed by atoms with van der Waals surface area (Å²) in [4.78, 5) is 16.5. The Bertz CT molecular complexity index is 1120. The first-order valence-electron chi connectivity index (χ1n) is 8.79. The van der Waals surface area contributed by atoms with E-state index in [-0.39, 0.29) is 18.6 Å². The average Bonchev–Trinajstić information content (AvgIpc) is 2.69. The molecule has 1 heterocycles. The number of nitrogens with zero attached hydrogens (tertiary/aromatic N) is 2. The van der Waals surface area contributed by atoms with Crippen molar-refractivity contribution in [1.82, 2.24) is 14.3 Å². The van der Waals surface area contributed by atoms with Crippen LogP contribution in [0.25, 0.3) is 17.3 Å². The molecular formula is C21H21N3O3S. The summed E-state index contributed by atoms with van der Waals surface area (Å²) >= 11 is 0. The third kappa shape index (κ3) is 5.48. The highest BCUT2D eigenvalue weighted by molar-refractivity contribution is 7.92. The van der Waals surface area contributed by atoms with E-state index in [1.165, 1.54) is 23.0 Å². The number of benzene rings is 2. The van der Waals surface area contributed by atoms with Gasteiger partial charge in [-0.05, 0) is 18.6 Å². The Morgan fingerprint density at radius 3 is 2.46 bits per heavy atom. The Kier molecular flexibility index (Phi) is 6.18. The second kappa shape index (κ2) is 8.77. The van der Waals surface area contributed by atoms with Crippen molar-refractivity contribution < 1.29 is 8.42 Å². The summed E-state index contributed by atoms with van der Waals surface area (Å²) in [6, 6.07) is 18.4. The molecule has 6 nitrogen and oxygen atoms in total. The molecule has 1 N–H and O–H groups in total. The van der Waals surface area contributed by atoms with Crippen LogP contribution in [0.2, 0.25) is 0 Å². The highest BCUT2D eigenvalue weighted by Crippen LogP contribution is 2.13. The van der Waals surface area contributed by atoms with E-state index in [9.17, 15) is 13.2 Å². The lowest BCUT2D eigenvalue weighted by molar-refractivity contribution is 0.577. The predicted molar refractivity (Wildman–Crippen MR) is 111 cm³/mol. The zero-order valence-electron chi connectivity index (χ0n) is 15.4. The van der Waals surface area contributed by atoms with Gasteiger partial charge in [-0.1, -0.05) is 60.2 Å². The zero-order chi connectivity index (χ0) is 20.0. The maximum Gasteiger partial charge on any atom is 0.253 e. The average molecular weight is 395 g/mol. The summed E-state index contributed by atoms with van der Waals surface area (Å²) in [6.07, 6.45) is 2.96. The molecule has 0 aliphatic heterocycles. The van der Waals surface area contributed by atoms with E-state index in [2.05, 4.69) is 9.71 Å². The van der Waals surface area contributed by atoms with E-state index in [4.69, 9.17) is 0 Å². The third-order valence-electron chi connectivity index (χ3n) is 4.12. The van der Waals surface area contributed by atoms with Crippen LogP contribution in [0.5, 0.6) is 0 Å². The van der Waals surface area contributed by atoms with Gasteiger partial charge in [-0.2, -0.15) is 0 Å². The molecule has 1 aromatic heterocycles. The van der Waals surface area contributed by atoms with Crippen LogP contribution in [0.3, 0.4) is 0 Å². The van der Waals surface area contributed by atoms with Crippen molar-refractivity contribution >= 4 is 16.1 Å². The van der Waals surface area contributed by atoms with Gasteiger partial charge in [-0.15, -0.1) is 0 Å². The molecule has 0 unspecified atom stereocenters. The predicted octanol–water partition coefficient (Wildman–Crippen LogP) is 2.81. The van der Waals surface area contributed by atoms with Gasteiger partial charge in [-0.25, -0.2) is 18.1 Å². The minimum absolute atomic E-state index is 0.0901. The van der Waals surface area contributed by atoms with E-state index < -0.39 is 10.0 Å². The van der Waals surface area contributed by atoms with E-state index in [0.29, 0.717) is 5.69 Å². The Morgan fingerprint density at radius 2 is 1.79 bits per heavy atom. The Morgan fingerprint density at radius 1 is 1.07 bits per heavy atom.